The summed E-state index contributed by atoms with van der Waals surface area (Å²) in [6.07, 6.45) is 0. The SMILES string of the molecule is COc1ccc(-c2cc(C)cc(-c3ccccc3)c2N)cc1. The average molecular weight is 289 g/mol. The Labute approximate surface area is 131 Å². The van der Waals surface area contributed by atoms with Crippen LogP contribution in [0.1, 0.15) is 5.56 Å². The number of hydrogen-bond acceptors (Lipinski definition) is 2. The summed E-state index contributed by atoms with van der Waals surface area (Å²) in [5.41, 5.74) is 12.8. The molecule has 0 aliphatic carbocycles. The van der Waals surface area contributed by atoms with Crippen LogP contribution in [0.4, 0.5) is 5.69 Å². The second-order valence-electron chi connectivity index (χ2n) is 5.37. The van der Waals surface area contributed by atoms with E-state index in [1.54, 1.807) is 7.11 Å². The molecular formula is C20H19NO. The van der Waals surface area contributed by atoms with E-state index in [2.05, 4.69) is 31.2 Å². The first kappa shape index (κ1) is 14.2. The van der Waals surface area contributed by atoms with Crippen LogP contribution >= 0.6 is 0 Å². The Morgan fingerprint density at radius 3 is 1.86 bits per heavy atom. The van der Waals surface area contributed by atoms with E-state index in [0.29, 0.717) is 0 Å². The molecule has 0 amide bonds. The Morgan fingerprint density at radius 2 is 1.32 bits per heavy atom. The molecular weight excluding hydrogens is 270 g/mol. The first-order valence-corrected chi connectivity index (χ1v) is 7.29. The molecule has 0 saturated carbocycles. The molecule has 0 spiro atoms. The number of nitrogen functional groups attached to an aromatic ring is 1. The second-order valence-corrected chi connectivity index (χ2v) is 5.37. The molecule has 0 bridgehead atoms. The number of ether oxygens (including phenoxy) is 1. The second kappa shape index (κ2) is 5.94. The van der Waals surface area contributed by atoms with Crippen molar-refractivity contribution in [1.82, 2.24) is 0 Å². The van der Waals surface area contributed by atoms with Crippen LogP contribution in [0.5, 0.6) is 5.75 Å². The molecule has 2 nitrogen and oxygen atoms in total. The summed E-state index contributed by atoms with van der Waals surface area (Å²) < 4.78 is 5.22. The molecule has 0 saturated heterocycles. The van der Waals surface area contributed by atoms with E-state index in [-0.39, 0.29) is 0 Å². The van der Waals surface area contributed by atoms with Gasteiger partial charge in [0.1, 0.15) is 5.75 Å². The van der Waals surface area contributed by atoms with Crippen LogP contribution in [0.15, 0.2) is 66.7 Å². The molecule has 0 atom stereocenters. The van der Waals surface area contributed by atoms with Crippen molar-refractivity contribution in [2.24, 2.45) is 0 Å². The van der Waals surface area contributed by atoms with Crippen molar-refractivity contribution in [1.29, 1.82) is 0 Å². The van der Waals surface area contributed by atoms with Gasteiger partial charge in [-0.2, -0.15) is 0 Å². The number of methoxy groups -OCH3 is 1. The van der Waals surface area contributed by atoms with Gasteiger partial charge in [-0.25, -0.2) is 0 Å². The van der Waals surface area contributed by atoms with E-state index in [1.807, 2.05) is 42.5 Å². The largest absolute Gasteiger partial charge is 0.497 e. The highest BCUT2D eigenvalue weighted by Crippen LogP contribution is 2.36. The highest BCUT2D eigenvalue weighted by molar-refractivity contribution is 5.89. The number of anilines is 1. The Balaban J connectivity index is 2.14. The van der Waals surface area contributed by atoms with Gasteiger partial charge in [-0.3, -0.25) is 0 Å². The van der Waals surface area contributed by atoms with E-state index in [9.17, 15) is 0 Å². The molecule has 3 aromatic rings. The maximum Gasteiger partial charge on any atom is 0.118 e. The average Bonchev–Trinajstić information content (AvgIpc) is 2.57. The molecule has 3 aromatic carbocycles. The fourth-order valence-corrected chi connectivity index (χ4v) is 2.66. The van der Waals surface area contributed by atoms with E-state index < -0.39 is 0 Å². The van der Waals surface area contributed by atoms with Gasteiger partial charge in [0, 0.05) is 16.8 Å². The molecule has 2 N–H and O–H groups in total. The highest BCUT2D eigenvalue weighted by Gasteiger charge is 2.10. The van der Waals surface area contributed by atoms with Gasteiger partial charge < -0.3 is 10.5 Å². The Bertz CT molecular complexity index is 777. The molecule has 0 fully saturated rings. The third-order valence-electron chi connectivity index (χ3n) is 3.81. The lowest BCUT2D eigenvalue weighted by Crippen LogP contribution is -1.96. The summed E-state index contributed by atoms with van der Waals surface area (Å²) in [6.45, 7) is 2.10. The zero-order chi connectivity index (χ0) is 15.5. The molecule has 0 aliphatic rings. The normalized spacial score (nSPS) is 10.5. The van der Waals surface area contributed by atoms with Crippen molar-refractivity contribution < 1.29 is 4.74 Å². The molecule has 22 heavy (non-hydrogen) atoms. The van der Waals surface area contributed by atoms with Gasteiger partial charge in [-0.1, -0.05) is 42.5 Å². The van der Waals surface area contributed by atoms with Crippen molar-refractivity contribution in [2.75, 3.05) is 12.8 Å². The minimum atomic E-state index is 0.807. The lowest BCUT2D eigenvalue weighted by atomic mass is 9.94. The van der Waals surface area contributed by atoms with Crippen LogP contribution < -0.4 is 10.5 Å². The maximum absolute atomic E-state index is 6.46. The molecule has 0 aliphatic heterocycles. The van der Waals surface area contributed by atoms with Gasteiger partial charge in [-0.05, 0) is 47.9 Å². The predicted octanol–water partition coefficient (Wildman–Crippen LogP) is 4.92. The van der Waals surface area contributed by atoms with Crippen LogP contribution in [-0.2, 0) is 0 Å². The first-order valence-electron chi connectivity index (χ1n) is 7.29. The first-order chi connectivity index (χ1) is 10.7. The molecule has 0 unspecified atom stereocenters. The number of hydrogen-bond donors (Lipinski definition) is 1. The third-order valence-corrected chi connectivity index (χ3v) is 3.81. The maximum atomic E-state index is 6.46. The van der Waals surface area contributed by atoms with Gasteiger partial charge in [-0.15, -0.1) is 0 Å². The highest BCUT2D eigenvalue weighted by atomic mass is 16.5. The van der Waals surface area contributed by atoms with E-state index >= 15 is 0 Å². The van der Waals surface area contributed by atoms with Gasteiger partial charge in [0.2, 0.25) is 0 Å². The number of rotatable bonds is 3. The summed E-state index contributed by atoms with van der Waals surface area (Å²) in [5, 5.41) is 0. The van der Waals surface area contributed by atoms with E-state index in [0.717, 1.165) is 33.7 Å². The minimum absolute atomic E-state index is 0.807. The molecule has 0 aromatic heterocycles. The van der Waals surface area contributed by atoms with Gasteiger partial charge >= 0.3 is 0 Å². The summed E-state index contributed by atoms with van der Waals surface area (Å²) >= 11 is 0. The fraction of sp³-hybridized carbons (Fsp3) is 0.100. The summed E-state index contributed by atoms with van der Waals surface area (Å²) in [4.78, 5) is 0. The van der Waals surface area contributed by atoms with Crippen LogP contribution in [0, 0.1) is 6.92 Å². The van der Waals surface area contributed by atoms with Crippen molar-refractivity contribution in [2.45, 2.75) is 6.92 Å². The lowest BCUT2D eigenvalue weighted by molar-refractivity contribution is 0.415. The number of aryl methyl sites for hydroxylation is 1. The smallest absolute Gasteiger partial charge is 0.118 e. The van der Waals surface area contributed by atoms with Crippen molar-refractivity contribution in [3.8, 4) is 28.0 Å². The predicted molar refractivity (Wildman–Crippen MR) is 93.0 cm³/mol. The van der Waals surface area contributed by atoms with Gasteiger partial charge in [0.05, 0.1) is 7.11 Å². The van der Waals surface area contributed by atoms with Crippen LogP contribution in [0.3, 0.4) is 0 Å². The number of nitrogens with two attached hydrogens (primary N) is 1. The molecule has 3 rings (SSSR count). The zero-order valence-electron chi connectivity index (χ0n) is 12.8. The molecule has 0 radical (unpaired) electrons. The summed E-state index contributed by atoms with van der Waals surface area (Å²) in [5.74, 6) is 0.846. The Morgan fingerprint density at radius 1 is 0.773 bits per heavy atom. The Kier molecular flexibility index (Phi) is 3.84. The molecule has 110 valence electrons. The summed E-state index contributed by atoms with van der Waals surface area (Å²) in [7, 11) is 1.67. The van der Waals surface area contributed by atoms with E-state index in [1.165, 1.54) is 5.56 Å². The standard InChI is InChI=1S/C20H19NO/c1-14-12-18(15-6-4-3-5-7-15)20(21)19(13-14)16-8-10-17(22-2)11-9-16/h3-13H,21H2,1-2H3. The Hall–Kier alpha value is -2.74. The van der Waals surface area contributed by atoms with Crippen LogP contribution in [0.2, 0.25) is 0 Å². The van der Waals surface area contributed by atoms with Gasteiger partial charge in [0.25, 0.3) is 0 Å². The minimum Gasteiger partial charge on any atom is -0.497 e. The third kappa shape index (κ3) is 2.68. The molecule has 2 heteroatoms. The topological polar surface area (TPSA) is 35.2 Å². The van der Waals surface area contributed by atoms with E-state index in [4.69, 9.17) is 10.5 Å². The van der Waals surface area contributed by atoms with Crippen LogP contribution in [-0.4, -0.2) is 7.11 Å². The van der Waals surface area contributed by atoms with Gasteiger partial charge in [0.15, 0.2) is 0 Å². The monoisotopic (exact) mass is 289 g/mol. The number of benzene rings is 3. The quantitative estimate of drug-likeness (QED) is 0.695. The van der Waals surface area contributed by atoms with Crippen molar-refractivity contribution in [3.63, 3.8) is 0 Å². The molecule has 0 heterocycles. The summed E-state index contributed by atoms with van der Waals surface area (Å²) in [6, 6.07) is 22.5. The zero-order valence-corrected chi connectivity index (χ0v) is 12.8. The van der Waals surface area contributed by atoms with Crippen LogP contribution in [0.25, 0.3) is 22.3 Å². The van der Waals surface area contributed by atoms with Crippen molar-refractivity contribution in [3.05, 3.63) is 72.3 Å². The fourth-order valence-electron chi connectivity index (χ4n) is 2.66. The van der Waals surface area contributed by atoms with Crippen molar-refractivity contribution >= 4 is 5.69 Å². The lowest BCUT2D eigenvalue weighted by Gasteiger charge is -2.14.